The first-order valence-electron chi connectivity index (χ1n) is 10.5. The van der Waals surface area contributed by atoms with Gasteiger partial charge in [0, 0.05) is 28.4 Å². The fraction of sp³-hybridized carbons (Fsp3) is 0.200. The second kappa shape index (κ2) is 11.5. The molecule has 0 unspecified atom stereocenters. The van der Waals surface area contributed by atoms with Crippen molar-refractivity contribution in [1.29, 1.82) is 0 Å². The SMILES string of the molecule is O=C(O)c1cc(C2=C(c3cc(Cl)ccc3OCc3cc(F)c(F)cc3F)CCC2)cnc1C(F)(F)F.[NaH]. The van der Waals surface area contributed by atoms with Crippen LogP contribution in [0, 0.1) is 17.5 Å². The zero-order valence-electron chi connectivity index (χ0n) is 18.2. The number of alkyl halides is 3. The van der Waals surface area contributed by atoms with E-state index in [1.165, 1.54) is 12.1 Å². The van der Waals surface area contributed by atoms with Gasteiger partial charge in [0.05, 0.1) is 5.56 Å². The number of aromatic nitrogens is 1. The predicted molar refractivity (Wildman–Crippen MR) is 126 cm³/mol. The molecular weight excluding hydrogens is 535 g/mol. The summed E-state index contributed by atoms with van der Waals surface area (Å²) in [5.74, 6) is -5.12. The monoisotopic (exact) mass is 551 g/mol. The number of aromatic carboxylic acids is 1. The van der Waals surface area contributed by atoms with Crippen LogP contribution in [0.25, 0.3) is 11.1 Å². The number of nitrogens with zero attached hydrogens (tertiary/aromatic N) is 1. The molecule has 190 valence electrons. The summed E-state index contributed by atoms with van der Waals surface area (Å²) in [7, 11) is 0. The number of carboxylic acids is 1. The summed E-state index contributed by atoms with van der Waals surface area (Å²) in [6.07, 6.45) is -2.47. The summed E-state index contributed by atoms with van der Waals surface area (Å²) in [6, 6.07) is 6.56. The van der Waals surface area contributed by atoms with Crippen LogP contribution >= 0.6 is 11.6 Å². The van der Waals surface area contributed by atoms with Gasteiger partial charge in [0.2, 0.25) is 0 Å². The molecule has 2 aromatic carbocycles. The summed E-state index contributed by atoms with van der Waals surface area (Å²) in [5, 5.41) is 9.63. The zero-order chi connectivity index (χ0) is 26.2. The van der Waals surface area contributed by atoms with E-state index in [1.54, 1.807) is 6.07 Å². The maximum absolute atomic E-state index is 14.0. The number of pyridine rings is 1. The quantitative estimate of drug-likeness (QED) is 0.206. The van der Waals surface area contributed by atoms with Crippen molar-refractivity contribution in [3.63, 3.8) is 0 Å². The second-order valence-electron chi connectivity index (χ2n) is 8.02. The molecule has 4 nitrogen and oxygen atoms in total. The third-order valence-electron chi connectivity index (χ3n) is 5.69. The number of carbonyl (C=O) groups is 1. The van der Waals surface area contributed by atoms with E-state index < -0.39 is 47.5 Å². The van der Waals surface area contributed by atoms with E-state index in [9.17, 15) is 36.2 Å². The fourth-order valence-corrected chi connectivity index (χ4v) is 4.24. The maximum atomic E-state index is 14.0. The molecule has 0 amide bonds. The van der Waals surface area contributed by atoms with Crippen molar-refractivity contribution in [2.24, 2.45) is 0 Å². The first-order chi connectivity index (χ1) is 17.0. The van der Waals surface area contributed by atoms with Crippen molar-refractivity contribution in [2.75, 3.05) is 0 Å². The number of hydrogen-bond acceptors (Lipinski definition) is 3. The molecule has 1 heterocycles. The van der Waals surface area contributed by atoms with Crippen LogP contribution in [0.4, 0.5) is 26.3 Å². The topological polar surface area (TPSA) is 59.4 Å². The molecule has 0 bridgehead atoms. The number of rotatable bonds is 6. The molecule has 1 aromatic heterocycles. The molecule has 1 aliphatic rings. The molecule has 0 fully saturated rings. The molecule has 4 rings (SSSR count). The summed E-state index contributed by atoms with van der Waals surface area (Å²) in [6.45, 7) is -0.439. The van der Waals surface area contributed by atoms with Crippen LogP contribution in [0.15, 0.2) is 42.6 Å². The van der Waals surface area contributed by atoms with Crippen molar-refractivity contribution in [3.8, 4) is 5.75 Å². The van der Waals surface area contributed by atoms with Gasteiger partial charge in [-0.1, -0.05) is 11.6 Å². The van der Waals surface area contributed by atoms with Crippen molar-refractivity contribution < 1.29 is 41.0 Å². The van der Waals surface area contributed by atoms with E-state index in [0.717, 1.165) is 12.3 Å². The van der Waals surface area contributed by atoms with Crippen LogP contribution in [0.3, 0.4) is 0 Å². The third kappa shape index (κ3) is 6.31. The summed E-state index contributed by atoms with van der Waals surface area (Å²) in [5.41, 5.74) is -0.857. The molecule has 0 atom stereocenters. The van der Waals surface area contributed by atoms with E-state index in [1.807, 2.05) is 0 Å². The van der Waals surface area contributed by atoms with E-state index in [4.69, 9.17) is 16.3 Å². The molecule has 37 heavy (non-hydrogen) atoms. The summed E-state index contributed by atoms with van der Waals surface area (Å²) in [4.78, 5) is 14.9. The van der Waals surface area contributed by atoms with Crippen molar-refractivity contribution in [1.82, 2.24) is 4.98 Å². The Morgan fingerprint density at radius 3 is 2.35 bits per heavy atom. The number of ether oxygens (including phenoxy) is 1. The van der Waals surface area contributed by atoms with Crippen molar-refractivity contribution in [2.45, 2.75) is 32.0 Å². The molecule has 1 N–H and O–H groups in total. The van der Waals surface area contributed by atoms with Crippen molar-refractivity contribution >= 4 is 58.3 Å². The Morgan fingerprint density at radius 2 is 1.68 bits per heavy atom. The van der Waals surface area contributed by atoms with E-state index >= 15 is 0 Å². The van der Waals surface area contributed by atoms with Crippen LogP contribution < -0.4 is 4.74 Å². The molecule has 0 radical (unpaired) electrons. The molecule has 0 saturated carbocycles. The van der Waals surface area contributed by atoms with Gasteiger partial charge in [0.15, 0.2) is 17.3 Å². The Balaban J connectivity index is 0.00000380. The second-order valence-corrected chi connectivity index (χ2v) is 8.46. The van der Waals surface area contributed by atoms with Gasteiger partial charge in [-0.05, 0) is 66.3 Å². The summed E-state index contributed by atoms with van der Waals surface area (Å²) >= 11 is 6.16. The van der Waals surface area contributed by atoms with Crippen LogP contribution in [0.5, 0.6) is 5.75 Å². The van der Waals surface area contributed by atoms with E-state index in [0.29, 0.717) is 53.1 Å². The molecule has 0 spiro atoms. The fourth-order valence-electron chi connectivity index (χ4n) is 4.07. The van der Waals surface area contributed by atoms with Gasteiger partial charge in [-0.25, -0.2) is 18.0 Å². The predicted octanol–water partition coefficient (Wildman–Crippen LogP) is 6.89. The third-order valence-corrected chi connectivity index (χ3v) is 5.93. The van der Waals surface area contributed by atoms with Crippen molar-refractivity contribution in [3.05, 3.63) is 93.0 Å². The number of hydrogen-bond donors (Lipinski definition) is 1. The van der Waals surface area contributed by atoms with Crippen LogP contribution in [0.2, 0.25) is 5.02 Å². The van der Waals surface area contributed by atoms with Gasteiger partial charge >= 0.3 is 41.7 Å². The normalized spacial score (nSPS) is 13.5. The Bertz CT molecular complexity index is 1390. The van der Waals surface area contributed by atoms with Gasteiger partial charge < -0.3 is 9.84 Å². The zero-order valence-corrected chi connectivity index (χ0v) is 19.0. The number of benzene rings is 2. The number of halogens is 7. The van der Waals surface area contributed by atoms with Gasteiger partial charge in [0.1, 0.15) is 18.2 Å². The first kappa shape index (κ1) is 29.0. The van der Waals surface area contributed by atoms with E-state index in [-0.39, 0.29) is 46.4 Å². The minimum absolute atomic E-state index is 0. The van der Waals surface area contributed by atoms with Gasteiger partial charge in [0.25, 0.3) is 0 Å². The van der Waals surface area contributed by atoms with E-state index in [2.05, 4.69) is 4.98 Å². The number of carboxylic acid groups (broad SMARTS) is 1. The van der Waals surface area contributed by atoms with Gasteiger partial charge in [-0.2, -0.15) is 13.2 Å². The minimum atomic E-state index is -4.94. The molecule has 0 saturated heterocycles. The van der Waals surface area contributed by atoms with Crippen LogP contribution in [-0.2, 0) is 12.8 Å². The Morgan fingerprint density at radius 1 is 1.00 bits per heavy atom. The molecular formula is C25H17ClF6NNaO3. The molecule has 3 aromatic rings. The van der Waals surface area contributed by atoms with Gasteiger partial charge in [-0.3, -0.25) is 4.98 Å². The average molecular weight is 552 g/mol. The van der Waals surface area contributed by atoms with Crippen LogP contribution in [0.1, 0.15) is 52.0 Å². The Hall–Kier alpha value is -2.53. The Kier molecular flexibility index (Phi) is 9.00. The standard InChI is InChI=1S/C25H16ClF6NO3.Na.H/c26-14-4-5-22(36-11-13-7-20(28)21(29)9-19(13)27)17(8-14)16-3-1-2-15(16)12-6-18(24(34)35)23(33-10-12)25(30,31)32;;/h4-10H,1-3,11H2,(H,34,35);;. The summed E-state index contributed by atoms with van der Waals surface area (Å²) < 4.78 is 86.2. The Labute approximate surface area is 234 Å². The molecule has 12 heteroatoms. The first-order valence-corrected chi connectivity index (χ1v) is 10.9. The molecule has 0 aliphatic heterocycles. The molecule has 1 aliphatic carbocycles. The average Bonchev–Trinajstić information content (AvgIpc) is 3.30. The number of allylic oxidation sites excluding steroid dienone is 2. The van der Waals surface area contributed by atoms with Gasteiger partial charge in [-0.15, -0.1) is 0 Å². The van der Waals surface area contributed by atoms with Crippen LogP contribution in [-0.4, -0.2) is 45.6 Å².